The molecule has 0 aliphatic rings. The molecular weight excluding hydrogens is 284 g/mol. The van der Waals surface area contributed by atoms with Gasteiger partial charge >= 0.3 is 0 Å². The number of nitrogens with zero attached hydrogens (tertiary/aromatic N) is 1. The third kappa shape index (κ3) is 4.15. The first kappa shape index (κ1) is 16.3. The van der Waals surface area contributed by atoms with Crippen LogP contribution < -0.4 is 16.0 Å². The van der Waals surface area contributed by atoms with Crippen molar-refractivity contribution in [3.05, 3.63) is 28.3 Å². The minimum absolute atomic E-state index is 0.0945. The van der Waals surface area contributed by atoms with Crippen LogP contribution in [0.15, 0.2) is 23.1 Å². The summed E-state index contributed by atoms with van der Waals surface area (Å²) in [4.78, 5) is 9.82. The number of anilines is 1. The van der Waals surface area contributed by atoms with Crippen LogP contribution >= 0.6 is 0 Å². The Bertz CT molecular complexity index is 607. The Morgan fingerprint density at radius 3 is 2.40 bits per heavy atom. The van der Waals surface area contributed by atoms with Gasteiger partial charge in [-0.15, -0.1) is 0 Å². The van der Waals surface area contributed by atoms with Gasteiger partial charge in [0.1, 0.15) is 4.90 Å². The summed E-state index contributed by atoms with van der Waals surface area (Å²) in [5.41, 5.74) is 1.74. The number of nitrogens with two attached hydrogens (primary N) is 1. The molecule has 0 atom stereocenters. The third-order valence-corrected chi connectivity index (χ3v) is 3.85. The first-order valence-electron chi connectivity index (χ1n) is 5.81. The van der Waals surface area contributed by atoms with E-state index in [0.717, 1.165) is 6.07 Å². The van der Waals surface area contributed by atoms with Crippen molar-refractivity contribution in [1.29, 1.82) is 0 Å². The van der Waals surface area contributed by atoms with E-state index in [4.69, 9.17) is 5.84 Å². The van der Waals surface area contributed by atoms with E-state index in [1.807, 2.05) is 20.8 Å². The highest BCUT2D eigenvalue weighted by atomic mass is 32.2. The second kappa shape index (κ2) is 5.73. The third-order valence-electron chi connectivity index (χ3n) is 2.41. The summed E-state index contributed by atoms with van der Waals surface area (Å²) in [6.07, 6.45) is 0. The van der Waals surface area contributed by atoms with Crippen molar-refractivity contribution in [2.24, 2.45) is 11.3 Å². The lowest BCUT2D eigenvalue weighted by Gasteiger charge is -2.19. The SMILES string of the molecule is CC(C)(C)CNS(=O)(=O)c1cc([N+](=O)[O-])ccc1NN. The van der Waals surface area contributed by atoms with Crippen molar-refractivity contribution >= 4 is 21.4 Å². The van der Waals surface area contributed by atoms with Crippen molar-refractivity contribution in [2.45, 2.75) is 25.7 Å². The van der Waals surface area contributed by atoms with E-state index >= 15 is 0 Å². The number of hydrazine groups is 1. The highest BCUT2D eigenvalue weighted by molar-refractivity contribution is 7.89. The van der Waals surface area contributed by atoms with Crippen LogP contribution in [0.4, 0.5) is 11.4 Å². The molecule has 0 bridgehead atoms. The van der Waals surface area contributed by atoms with Crippen LogP contribution in [0.5, 0.6) is 0 Å². The fraction of sp³-hybridized carbons (Fsp3) is 0.455. The van der Waals surface area contributed by atoms with Crippen molar-refractivity contribution < 1.29 is 13.3 Å². The van der Waals surface area contributed by atoms with Crippen LogP contribution in [-0.4, -0.2) is 19.9 Å². The van der Waals surface area contributed by atoms with Crippen LogP contribution in [0.3, 0.4) is 0 Å². The molecule has 0 fully saturated rings. The highest BCUT2D eigenvalue weighted by Crippen LogP contribution is 2.26. The zero-order valence-corrected chi connectivity index (χ0v) is 12.3. The van der Waals surface area contributed by atoms with Gasteiger partial charge in [0.25, 0.3) is 5.69 Å². The van der Waals surface area contributed by atoms with Gasteiger partial charge in [0.2, 0.25) is 10.0 Å². The number of nitro benzene ring substituents is 1. The minimum atomic E-state index is -3.89. The zero-order valence-electron chi connectivity index (χ0n) is 11.5. The first-order chi connectivity index (χ1) is 9.07. The lowest BCUT2D eigenvalue weighted by molar-refractivity contribution is -0.385. The maximum atomic E-state index is 12.2. The molecule has 1 aromatic rings. The van der Waals surface area contributed by atoms with Crippen LogP contribution in [-0.2, 0) is 10.0 Å². The summed E-state index contributed by atoms with van der Waals surface area (Å²) in [5.74, 6) is 5.24. The number of sulfonamides is 1. The molecule has 20 heavy (non-hydrogen) atoms. The normalized spacial score (nSPS) is 12.2. The van der Waals surface area contributed by atoms with Gasteiger partial charge in [-0.1, -0.05) is 20.8 Å². The summed E-state index contributed by atoms with van der Waals surface area (Å²) in [6, 6.07) is 3.40. The Hall–Kier alpha value is -1.71. The Kier molecular flexibility index (Phi) is 4.69. The fourth-order valence-corrected chi connectivity index (χ4v) is 2.83. The average molecular weight is 302 g/mol. The number of hydrogen-bond donors (Lipinski definition) is 3. The summed E-state index contributed by atoms with van der Waals surface area (Å²) in [7, 11) is -3.89. The second-order valence-electron chi connectivity index (χ2n) is 5.47. The maximum absolute atomic E-state index is 12.2. The quantitative estimate of drug-likeness (QED) is 0.426. The highest BCUT2D eigenvalue weighted by Gasteiger charge is 2.23. The van der Waals surface area contributed by atoms with Gasteiger partial charge in [-0.2, -0.15) is 0 Å². The summed E-state index contributed by atoms with van der Waals surface area (Å²) in [6.45, 7) is 5.79. The van der Waals surface area contributed by atoms with Crippen molar-refractivity contribution in [1.82, 2.24) is 4.72 Å². The molecule has 4 N–H and O–H groups in total. The van der Waals surface area contributed by atoms with Crippen LogP contribution in [0, 0.1) is 15.5 Å². The zero-order chi connectivity index (χ0) is 15.6. The van der Waals surface area contributed by atoms with Crippen molar-refractivity contribution in [2.75, 3.05) is 12.0 Å². The number of nitrogens with one attached hydrogen (secondary N) is 2. The molecule has 9 heteroatoms. The molecule has 0 unspecified atom stereocenters. The summed E-state index contributed by atoms with van der Waals surface area (Å²) >= 11 is 0. The average Bonchev–Trinajstić information content (AvgIpc) is 2.35. The molecular formula is C11H18N4O4S. The van der Waals surface area contributed by atoms with E-state index < -0.39 is 14.9 Å². The van der Waals surface area contributed by atoms with Crippen molar-refractivity contribution in [3.8, 4) is 0 Å². The van der Waals surface area contributed by atoms with Gasteiger partial charge in [0, 0.05) is 18.7 Å². The number of non-ortho nitro benzene ring substituents is 1. The summed E-state index contributed by atoms with van der Waals surface area (Å²) < 4.78 is 26.8. The smallest absolute Gasteiger partial charge is 0.270 e. The summed E-state index contributed by atoms with van der Waals surface area (Å²) in [5, 5.41) is 10.7. The van der Waals surface area contributed by atoms with E-state index in [0.29, 0.717) is 0 Å². The van der Waals surface area contributed by atoms with Crippen LogP contribution in [0.1, 0.15) is 20.8 Å². The molecule has 0 amide bonds. The molecule has 0 spiro atoms. The Labute approximate surface area is 117 Å². The van der Waals surface area contributed by atoms with Crippen LogP contribution in [0.2, 0.25) is 0 Å². The molecule has 1 aromatic carbocycles. The fourth-order valence-electron chi connectivity index (χ4n) is 1.36. The standard InChI is InChI=1S/C11H18N4O4S/c1-11(2,3)7-13-20(18,19)10-6-8(15(16)17)4-5-9(10)14-12/h4-6,13-14H,7,12H2,1-3H3. The number of nitro groups is 1. The molecule has 8 nitrogen and oxygen atoms in total. The lowest BCUT2D eigenvalue weighted by Crippen LogP contribution is -2.33. The molecule has 0 aliphatic carbocycles. The topological polar surface area (TPSA) is 127 Å². The Morgan fingerprint density at radius 2 is 1.95 bits per heavy atom. The van der Waals surface area contributed by atoms with Gasteiger partial charge in [-0.3, -0.25) is 16.0 Å². The number of nitrogen functional groups attached to an aromatic ring is 1. The second-order valence-corrected chi connectivity index (χ2v) is 7.20. The van der Waals surface area contributed by atoms with E-state index in [1.165, 1.54) is 12.1 Å². The number of benzene rings is 1. The Morgan fingerprint density at radius 1 is 1.35 bits per heavy atom. The van der Waals surface area contributed by atoms with Gasteiger partial charge in [0.05, 0.1) is 10.6 Å². The maximum Gasteiger partial charge on any atom is 0.270 e. The lowest BCUT2D eigenvalue weighted by atomic mass is 9.98. The van der Waals surface area contributed by atoms with E-state index in [-0.39, 0.29) is 28.2 Å². The molecule has 0 saturated carbocycles. The molecule has 0 saturated heterocycles. The van der Waals surface area contributed by atoms with E-state index in [1.54, 1.807) is 0 Å². The van der Waals surface area contributed by atoms with Gasteiger partial charge in [-0.05, 0) is 11.5 Å². The van der Waals surface area contributed by atoms with Crippen molar-refractivity contribution in [3.63, 3.8) is 0 Å². The number of rotatable bonds is 5. The molecule has 0 heterocycles. The molecule has 0 aliphatic heterocycles. The molecule has 0 radical (unpaired) electrons. The molecule has 0 aromatic heterocycles. The first-order valence-corrected chi connectivity index (χ1v) is 7.30. The molecule has 1 rings (SSSR count). The number of hydrogen-bond acceptors (Lipinski definition) is 6. The largest absolute Gasteiger partial charge is 0.323 e. The van der Waals surface area contributed by atoms with Gasteiger partial charge < -0.3 is 5.43 Å². The minimum Gasteiger partial charge on any atom is -0.323 e. The van der Waals surface area contributed by atoms with E-state index in [2.05, 4.69) is 10.1 Å². The van der Waals surface area contributed by atoms with E-state index in [9.17, 15) is 18.5 Å². The van der Waals surface area contributed by atoms with Gasteiger partial charge in [0.15, 0.2) is 0 Å². The Balaban J connectivity index is 3.21. The molecule has 112 valence electrons. The monoisotopic (exact) mass is 302 g/mol. The van der Waals surface area contributed by atoms with Gasteiger partial charge in [-0.25, -0.2) is 13.1 Å². The predicted molar refractivity (Wildman–Crippen MR) is 75.6 cm³/mol. The van der Waals surface area contributed by atoms with Crippen LogP contribution in [0.25, 0.3) is 0 Å². The predicted octanol–water partition coefficient (Wildman–Crippen LogP) is 1.20.